The highest BCUT2D eigenvalue weighted by atomic mass is 127. The molecule has 0 nitrogen and oxygen atoms in total. The molecule has 0 bridgehead atoms. The van der Waals surface area contributed by atoms with Crippen molar-refractivity contribution >= 4 is 22.6 Å². The van der Waals surface area contributed by atoms with Crippen LogP contribution in [0.5, 0.6) is 0 Å². The predicted octanol–water partition coefficient (Wildman–Crippen LogP) is 5.00. The molecule has 0 radical (unpaired) electrons. The molecule has 0 aromatic rings. The molecule has 0 heterocycles. The molecule has 0 rings (SSSR count). The van der Waals surface area contributed by atoms with E-state index in [0.717, 1.165) is 0 Å². The third-order valence-corrected chi connectivity index (χ3v) is 2.00. The Labute approximate surface area is 105 Å². The molecule has 0 fully saturated rings. The summed E-state index contributed by atoms with van der Waals surface area (Å²) < 4.78 is 128. The van der Waals surface area contributed by atoms with E-state index in [-0.39, 0.29) is 22.6 Å². The summed E-state index contributed by atoms with van der Waals surface area (Å²) in [6.45, 7) is 0. The second kappa shape index (κ2) is 4.67. The van der Waals surface area contributed by atoms with Gasteiger partial charge in [-0.15, -0.1) is 0 Å². The quantitative estimate of drug-likeness (QED) is 0.343. The highest BCUT2D eigenvalue weighted by Crippen LogP contribution is 2.53. The normalized spacial score (nSPS) is 16.7. The molecular formula is C6F11I. The number of halogens is 12. The molecule has 18 heavy (non-hydrogen) atoms. The Morgan fingerprint density at radius 1 is 0.611 bits per heavy atom. The zero-order chi connectivity index (χ0) is 15.2. The lowest BCUT2D eigenvalue weighted by atomic mass is 10.0. The maximum absolute atomic E-state index is 12.7. The maximum Gasteiger partial charge on any atom is 0.438 e. The standard InChI is InChI=1S/C6F11I/c7-1(2(8)4(10,11)18)3(9,5(12,13)14)6(15,16)17/b2-1+. The summed E-state index contributed by atoms with van der Waals surface area (Å²) in [5, 5.41) is 0. The number of hydrogen-bond donors (Lipinski definition) is 0. The van der Waals surface area contributed by atoms with Crippen LogP contribution in [0.3, 0.4) is 0 Å². The molecule has 0 aliphatic carbocycles. The van der Waals surface area contributed by atoms with Crippen LogP contribution in [0.1, 0.15) is 0 Å². The molecule has 108 valence electrons. The number of rotatable bonds is 2. The lowest BCUT2D eigenvalue weighted by molar-refractivity contribution is -0.332. The second-order valence-corrected chi connectivity index (χ2v) is 4.13. The zero-order valence-electron chi connectivity index (χ0n) is 7.54. The topological polar surface area (TPSA) is 0 Å². The molecule has 0 spiro atoms. The van der Waals surface area contributed by atoms with Crippen molar-refractivity contribution in [1.82, 2.24) is 0 Å². The van der Waals surface area contributed by atoms with Crippen LogP contribution in [-0.2, 0) is 0 Å². The van der Waals surface area contributed by atoms with E-state index < -0.39 is 33.6 Å². The van der Waals surface area contributed by atoms with Crippen molar-refractivity contribution in [2.75, 3.05) is 0 Å². The van der Waals surface area contributed by atoms with Crippen molar-refractivity contribution in [3.63, 3.8) is 0 Å². The van der Waals surface area contributed by atoms with Gasteiger partial charge in [0.1, 0.15) is 0 Å². The van der Waals surface area contributed by atoms with Crippen LogP contribution in [0.2, 0.25) is 0 Å². The smallest absolute Gasteiger partial charge is 0.215 e. The Bertz CT molecular complexity index is 328. The number of hydrogen-bond acceptors (Lipinski definition) is 0. The second-order valence-electron chi connectivity index (χ2n) is 2.78. The van der Waals surface area contributed by atoms with Crippen molar-refractivity contribution in [1.29, 1.82) is 0 Å². The zero-order valence-corrected chi connectivity index (χ0v) is 9.69. The van der Waals surface area contributed by atoms with Gasteiger partial charge < -0.3 is 0 Å². The van der Waals surface area contributed by atoms with Crippen molar-refractivity contribution in [2.45, 2.75) is 22.0 Å². The van der Waals surface area contributed by atoms with E-state index in [4.69, 9.17) is 0 Å². The molecular weight excluding hydrogens is 408 g/mol. The predicted molar refractivity (Wildman–Crippen MR) is 44.2 cm³/mol. The molecule has 0 aliphatic heterocycles. The van der Waals surface area contributed by atoms with Crippen LogP contribution in [0.25, 0.3) is 0 Å². The van der Waals surface area contributed by atoms with Crippen LogP contribution in [0.4, 0.5) is 48.3 Å². The van der Waals surface area contributed by atoms with E-state index in [1.807, 2.05) is 0 Å². The Morgan fingerprint density at radius 2 is 0.889 bits per heavy atom. The van der Waals surface area contributed by atoms with Gasteiger partial charge in [-0.05, 0) is 0 Å². The molecule has 0 unspecified atom stereocenters. The minimum absolute atomic E-state index is 0.293. The largest absolute Gasteiger partial charge is 0.438 e. The van der Waals surface area contributed by atoms with Gasteiger partial charge in [0.15, 0.2) is 5.83 Å². The first-order chi connectivity index (χ1) is 7.57. The van der Waals surface area contributed by atoms with Gasteiger partial charge in [-0.1, -0.05) is 0 Å². The van der Waals surface area contributed by atoms with Crippen LogP contribution in [0, 0.1) is 0 Å². The molecule has 0 aliphatic rings. The summed E-state index contributed by atoms with van der Waals surface area (Å²) in [4.78, 5) is 0. The molecule has 0 aromatic carbocycles. The molecule has 0 aromatic heterocycles. The summed E-state index contributed by atoms with van der Waals surface area (Å²) in [5.41, 5.74) is -6.83. The summed E-state index contributed by atoms with van der Waals surface area (Å²) in [7, 11) is 0. The van der Waals surface area contributed by atoms with Crippen molar-refractivity contribution < 1.29 is 48.3 Å². The Hall–Kier alpha value is -0.300. The lowest BCUT2D eigenvalue weighted by Crippen LogP contribution is -2.54. The van der Waals surface area contributed by atoms with Gasteiger partial charge in [-0.2, -0.15) is 35.1 Å². The van der Waals surface area contributed by atoms with Gasteiger partial charge >= 0.3 is 22.0 Å². The van der Waals surface area contributed by atoms with E-state index in [0.29, 0.717) is 0 Å². The summed E-state index contributed by atoms with van der Waals surface area (Å²) in [6, 6.07) is 0. The van der Waals surface area contributed by atoms with Gasteiger partial charge in [0.2, 0.25) is 5.83 Å². The summed E-state index contributed by atoms with van der Waals surface area (Å²) in [5.74, 6) is -8.07. The van der Waals surface area contributed by atoms with Gasteiger partial charge in [0.05, 0.1) is 0 Å². The van der Waals surface area contributed by atoms with E-state index in [1.54, 1.807) is 0 Å². The third-order valence-electron chi connectivity index (χ3n) is 1.53. The van der Waals surface area contributed by atoms with Crippen LogP contribution < -0.4 is 0 Å². The third kappa shape index (κ3) is 2.99. The molecule has 0 saturated carbocycles. The SMILES string of the molecule is F/C(=C(/F)C(F)(C(F)(F)F)C(F)(F)F)C(F)(F)I. The lowest BCUT2D eigenvalue weighted by Gasteiger charge is -2.28. The van der Waals surface area contributed by atoms with Crippen molar-refractivity contribution in [3.05, 3.63) is 11.7 Å². The first-order valence-electron chi connectivity index (χ1n) is 3.52. The van der Waals surface area contributed by atoms with Crippen LogP contribution in [0.15, 0.2) is 11.7 Å². The van der Waals surface area contributed by atoms with Crippen LogP contribution in [-0.4, -0.2) is 22.0 Å². The average Bonchev–Trinajstić information content (AvgIpc) is 2.08. The monoisotopic (exact) mass is 408 g/mol. The van der Waals surface area contributed by atoms with E-state index in [1.165, 1.54) is 0 Å². The van der Waals surface area contributed by atoms with Gasteiger partial charge in [-0.25, -0.2) is 13.2 Å². The fourth-order valence-corrected chi connectivity index (χ4v) is 0.922. The fourth-order valence-electron chi connectivity index (χ4n) is 0.685. The first-order valence-corrected chi connectivity index (χ1v) is 4.60. The van der Waals surface area contributed by atoms with Gasteiger partial charge in [0, 0.05) is 22.6 Å². The average molecular weight is 408 g/mol. The van der Waals surface area contributed by atoms with Crippen molar-refractivity contribution in [3.8, 4) is 0 Å². The summed E-state index contributed by atoms with van der Waals surface area (Å²) in [6.07, 6.45) is -14.0. The Balaban J connectivity index is 6.13. The van der Waals surface area contributed by atoms with Crippen LogP contribution >= 0.6 is 22.6 Å². The minimum atomic E-state index is -6.99. The van der Waals surface area contributed by atoms with E-state index in [9.17, 15) is 48.3 Å². The maximum atomic E-state index is 12.7. The summed E-state index contributed by atoms with van der Waals surface area (Å²) >= 11 is -0.293. The van der Waals surface area contributed by atoms with Crippen molar-refractivity contribution in [2.24, 2.45) is 0 Å². The highest BCUT2D eigenvalue weighted by Gasteiger charge is 2.77. The molecule has 0 amide bonds. The number of allylic oxidation sites excluding steroid dienone is 2. The minimum Gasteiger partial charge on any atom is -0.215 e. The molecule has 0 atom stereocenters. The van der Waals surface area contributed by atoms with E-state index >= 15 is 0 Å². The fraction of sp³-hybridized carbons (Fsp3) is 0.667. The molecule has 0 N–H and O–H groups in total. The number of alkyl halides is 10. The van der Waals surface area contributed by atoms with Gasteiger partial charge in [0.25, 0.3) is 0 Å². The highest BCUT2D eigenvalue weighted by molar-refractivity contribution is 14.1. The van der Waals surface area contributed by atoms with E-state index in [2.05, 4.69) is 0 Å². The molecule has 0 saturated heterocycles. The molecule has 12 heteroatoms. The Kier molecular flexibility index (Phi) is 4.59. The first kappa shape index (κ1) is 17.7. The Morgan fingerprint density at radius 3 is 1.06 bits per heavy atom. The van der Waals surface area contributed by atoms with Gasteiger partial charge in [-0.3, -0.25) is 0 Å².